The average Bonchev–Trinajstić information content (AvgIpc) is 2.98. The molecule has 1 amide bonds. The molecule has 1 unspecified atom stereocenters. The van der Waals surface area contributed by atoms with Crippen LogP contribution in [0.3, 0.4) is 0 Å². The van der Waals surface area contributed by atoms with Crippen LogP contribution in [-0.4, -0.2) is 58.6 Å². The van der Waals surface area contributed by atoms with Crippen molar-refractivity contribution in [1.82, 2.24) is 20.3 Å². The molecule has 1 atom stereocenters. The quantitative estimate of drug-likeness (QED) is 0.630. The fourth-order valence-corrected chi connectivity index (χ4v) is 4.81. The van der Waals surface area contributed by atoms with E-state index in [0.717, 1.165) is 30.8 Å². The van der Waals surface area contributed by atoms with Gasteiger partial charge in [-0.05, 0) is 49.8 Å². The molecule has 0 bridgehead atoms. The predicted octanol–water partition coefficient (Wildman–Crippen LogP) is 1.04. The summed E-state index contributed by atoms with van der Waals surface area (Å²) in [6.45, 7) is 4.43. The molecule has 6 nitrogen and oxygen atoms in total. The third kappa shape index (κ3) is 2.65. The van der Waals surface area contributed by atoms with E-state index < -0.39 is 5.91 Å². The first-order chi connectivity index (χ1) is 11.1. The van der Waals surface area contributed by atoms with Crippen LogP contribution in [0.4, 0.5) is 0 Å². The molecule has 4 rings (SSSR count). The molecule has 0 radical (unpaired) electrons. The summed E-state index contributed by atoms with van der Waals surface area (Å²) in [6, 6.07) is 2.54. The maximum Gasteiger partial charge on any atom is 0.276 e. The van der Waals surface area contributed by atoms with Crippen molar-refractivity contribution in [2.45, 2.75) is 38.3 Å². The smallest absolute Gasteiger partial charge is 0.276 e. The van der Waals surface area contributed by atoms with Gasteiger partial charge < -0.3 is 4.90 Å². The molecule has 1 saturated carbocycles. The maximum atomic E-state index is 11.5. The lowest BCUT2D eigenvalue weighted by Gasteiger charge is -2.47. The van der Waals surface area contributed by atoms with E-state index in [4.69, 9.17) is 5.21 Å². The largest absolute Gasteiger partial charge is 0.305 e. The normalized spacial score (nSPS) is 26.8. The third-order valence-electron chi connectivity index (χ3n) is 5.85. The minimum Gasteiger partial charge on any atom is -0.305 e. The Labute approximate surface area is 136 Å². The number of carbonyl (C=O) groups is 1. The van der Waals surface area contributed by atoms with Gasteiger partial charge in [-0.25, -0.2) is 5.48 Å². The van der Waals surface area contributed by atoms with Crippen molar-refractivity contribution in [3.8, 4) is 0 Å². The summed E-state index contributed by atoms with van der Waals surface area (Å²) in [5.74, 6) is -0.491. The highest BCUT2D eigenvalue weighted by atomic mass is 16.5. The number of aromatic nitrogens is 1. The molecule has 3 heterocycles. The zero-order chi connectivity index (χ0) is 16.0. The summed E-state index contributed by atoms with van der Waals surface area (Å²) in [4.78, 5) is 21.0. The number of hydrogen-bond donors (Lipinski definition) is 2. The molecule has 0 aromatic carbocycles. The first-order valence-electron chi connectivity index (χ1n) is 8.43. The van der Waals surface area contributed by atoms with Crippen molar-refractivity contribution in [3.63, 3.8) is 0 Å². The molecule has 23 heavy (non-hydrogen) atoms. The monoisotopic (exact) mass is 316 g/mol. The van der Waals surface area contributed by atoms with Gasteiger partial charge >= 0.3 is 0 Å². The second-order valence-corrected chi connectivity index (χ2v) is 7.56. The predicted molar refractivity (Wildman–Crippen MR) is 85.2 cm³/mol. The Morgan fingerprint density at radius 2 is 2.30 bits per heavy atom. The minimum atomic E-state index is -0.491. The standard InChI is InChI=1S/C17H24N4O2/c1-20-10-17(11-20)4-2-14(7-17)21-5-3-12-6-13(16(22)19-23)8-18-15(12)9-21/h6,8,14,23H,2-5,7,9-11H2,1H3,(H,19,22). The van der Waals surface area contributed by atoms with E-state index in [0.29, 0.717) is 17.0 Å². The topological polar surface area (TPSA) is 68.7 Å². The molecular formula is C17H24N4O2. The number of amides is 1. The van der Waals surface area contributed by atoms with Crippen molar-refractivity contribution in [2.75, 3.05) is 26.7 Å². The maximum absolute atomic E-state index is 11.5. The Kier molecular flexibility index (Phi) is 3.63. The van der Waals surface area contributed by atoms with Crippen LogP contribution >= 0.6 is 0 Å². The number of fused-ring (bicyclic) bond motifs is 1. The number of pyridine rings is 1. The first kappa shape index (κ1) is 15.1. The van der Waals surface area contributed by atoms with E-state index >= 15 is 0 Å². The molecule has 2 aliphatic heterocycles. The number of nitrogens with zero attached hydrogens (tertiary/aromatic N) is 3. The Morgan fingerprint density at radius 3 is 3.04 bits per heavy atom. The third-order valence-corrected chi connectivity index (χ3v) is 5.85. The van der Waals surface area contributed by atoms with Crippen LogP contribution in [-0.2, 0) is 13.0 Å². The lowest BCUT2D eigenvalue weighted by atomic mass is 9.78. The molecule has 1 aromatic heterocycles. The molecule has 3 aliphatic rings. The van der Waals surface area contributed by atoms with Gasteiger partial charge in [0.05, 0.1) is 11.3 Å². The number of hydrogen-bond acceptors (Lipinski definition) is 5. The van der Waals surface area contributed by atoms with Gasteiger partial charge in [0.25, 0.3) is 5.91 Å². The van der Waals surface area contributed by atoms with Gasteiger partial charge in [0, 0.05) is 38.4 Å². The van der Waals surface area contributed by atoms with Crippen LogP contribution in [0.2, 0.25) is 0 Å². The SMILES string of the molecule is CN1CC2(CCC(N3CCc4cc(C(=O)NO)cnc4C3)C2)C1. The van der Waals surface area contributed by atoms with E-state index in [1.165, 1.54) is 32.4 Å². The Hall–Kier alpha value is -1.50. The van der Waals surface area contributed by atoms with Gasteiger partial charge in [-0.3, -0.25) is 19.9 Å². The Bertz CT molecular complexity index is 627. The van der Waals surface area contributed by atoms with E-state index in [1.54, 1.807) is 11.7 Å². The Morgan fingerprint density at radius 1 is 1.48 bits per heavy atom. The van der Waals surface area contributed by atoms with Crippen molar-refractivity contribution in [1.29, 1.82) is 0 Å². The van der Waals surface area contributed by atoms with Gasteiger partial charge in [0.1, 0.15) is 0 Å². The molecule has 1 spiro atoms. The zero-order valence-electron chi connectivity index (χ0n) is 13.6. The van der Waals surface area contributed by atoms with Crippen molar-refractivity contribution < 1.29 is 10.0 Å². The van der Waals surface area contributed by atoms with Crippen molar-refractivity contribution >= 4 is 5.91 Å². The van der Waals surface area contributed by atoms with Crippen LogP contribution in [0.1, 0.15) is 40.9 Å². The lowest BCUT2D eigenvalue weighted by molar-refractivity contribution is 0.0197. The molecule has 2 fully saturated rings. The summed E-state index contributed by atoms with van der Waals surface area (Å²) in [7, 11) is 2.21. The summed E-state index contributed by atoms with van der Waals surface area (Å²) in [6.07, 6.45) is 6.46. The second-order valence-electron chi connectivity index (χ2n) is 7.56. The molecule has 6 heteroatoms. The number of likely N-dealkylation sites (tertiary alicyclic amines) is 1. The van der Waals surface area contributed by atoms with Crippen molar-refractivity contribution in [3.05, 3.63) is 29.1 Å². The van der Waals surface area contributed by atoms with Gasteiger partial charge in [-0.1, -0.05) is 0 Å². The molecule has 124 valence electrons. The summed E-state index contributed by atoms with van der Waals surface area (Å²) in [5, 5.41) is 8.74. The van der Waals surface area contributed by atoms with Crippen LogP contribution < -0.4 is 5.48 Å². The van der Waals surface area contributed by atoms with Gasteiger partial charge in [-0.2, -0.15) is 0 Å². The van der Waals surface area contributed by atoms with Crippen LogP contribution in [0.25, 0.3) is 0 Å². The second kappa shape index (κ2) is 5.54. The average molecular weight is 316 g/mol. The highest BCUT2D eigenvalue weighted by molar-refractivity contribution is 5.93. The van der Waals surface area contributed by atoms with Crippen LogP contribution in [0.5, 0.6) is 0 Å². The fraction of sp³-hybridized carbons (Fsp3) is 0.647. The van der Waals surface area contributed by atoms with Gasteiger partial charge in [0.2, 0.25) is 0 Å². The van der Waals surface area contributed by atoms with Gasteiger partial charge in [0.15, 0.2) is 0 Å². The molecular weight excluding hydrogens is 292 g/mol. The van der Waals surface area contributed by atoms with Crippen molar-refractivity contribution in [2.24, 2.45) is 5.41 Å². The number of rotatable bonds is 2. The fourth-order valence-electron chi connectivity index (χ4n) is 4.81. The van der Waals surface area contributed by atoms with Gasteiger partial charge in [-0.15, -0.1) is 0 Å². The number of carbonyl (C=O) groups excluding carboxylic acids is 1. The summed E-state index contributed by atoms with van der Waals surface area (Å²) in [5.41, 5.74) is 4.90. The van der Waals surface area contributed by atoms with E-state index in [-0.39, 0.29) is 0 Å². The summed E-state index contributed by atoms with van der Waals surface area (Å²) < 4.78 is 0. The first-order valence-corrected chi connectivity index (χ1v) is 8.43. The highest BCUT2D eigenvalue weighted by Crippen LogP contribution is 2.46. The van der Waals surface area contributed by atoms with E-state index in [1.807, 2.05) is 6.07 Å². The minimum absolute atomic E-state index is 0.428. The lowest BCUT2D eigenvalue weighted by Crippen LogP contribution is -2.53. The Balaban J connectivity index is 1.44. The van der Waals surface area contributed by atoms with E-state index in [2.05, 4.69) is 21.8 Å². The highest BCUT2D eigenvalue weighted by Gasteiger charge is 2.48. The van der Waals surface area contributed by atoms with E-state index in [9.17, 15) is 4.79 Å². The molecule has 2 N–H and O–H groups in total. The zero-order valence-corrected chi connectivity index (χ0v) is 13.6. The van der Waals surface area contributed by atoms with Crippen LogP contribution in [0, 0.1) is 5.41 Å². The summed E-state index contributed by atoms with van der Waals surface area (Å²) >= 11 is 0. The number of hydroxylamine groups is 1. The van der Waals surface area contributed by atoms with Crippen LogP contribution in [0.15, 0.2) is 12.3 Å². The number of nitrogens with one attached hydrogen (secondary N) is 1. The molecule has 1 aromatic rings. The molecule has 1 saturated heterocycles. The molecule has 1 aliphatic carbocycles.